The van der Waals surface area contributed by atoms with Crippen molar-refractivity contribution in [1.82, 2.24) is 4.90 Å². The summed E-state index contributed by atoms with van der Waals surface area (Å²) in [7, 11) is 1.63. The Morgan fingerprint density at radius 3 is 2.81 bits per heavy atom. The number of aliphatic hydroxyl groups excluding tert-OH is 1. The van der Waals surface area contributed by atoms with E-state index in [-0.39, 0.29) is 18.1 Å². The fraction of sp³-hybridized carbons (Fsp3) is 0.533. The van der Waals surface area contributed by atoms with Crippen LogP contribution in [0.5, 0.6) is 5.75 Å². The van der Waals surface area contributed by atoms with Gasteiger partial charge in [0.2, 0.25) is 5.91 Å². The van der Waals surface area contributed by atoms with Crippen LogP contribution >= 0.6 is 0 Å². The Bertz CT molecular complexity index is 492. The lowest BCUT2D eigenvalue weighted by molar-refractivity contribution is -0.130. The van der Waals surface area contributed by atoms with E-state index in [4.69, 9.17) is 0 Å². The van der Waals surface area contributed by atoms with Crippen LogP contribution in [0.4, 0.5) is 8.78 Å². The molecule has 2 rings (SSSR count). The van der Waals surface area contributed by atoms with Crippen molar-refractivity contribution in [3.8, 4) is 5.75 Å². The maximum absolute atomic E-state index is 12.1. The highest BCUT2D eigenvalue weighted by Gasteiger charge is 2.31. The van der Waals surface area contributed by atoms with Crippen molar-refractivity contribution in [2.75, 3.05) is 13.6 Å². The van der Waals surface area contributed by atoms with Gasteiger partial charge in [0.1, 0.15) is 5.75 Å². The van der Waals surface area contributed by atoms with Gasteiger partial charge in [-0.15, -0.1) is 0 Å². The summed E-state index contributed by atoms with van der Waals surface area (Å²) in [5.41, 5.74) is 0.603. The van der Waals surface area contributed by atoms with Crippen molar-refractivity contribution in [2.45, 2.75) is 32.0 Å². The number of amides is 1. The SMILES string of the molecule is CN(CC(O)C1CC1)C(=O)Cc1cccc(OC(F)F)c1. The van der Waals surface area contributed by atoms with E-state index in [1.54, 1.807) is 19.2 Å². The Morgan fingerprint density at radius 1 is 1.48 bits per heavy atom. The highest BCUT2D eigenvalue weighted by atomic mass is 19.3. The predicted molar refractivity (Wildman–Crippen MR) is 73.1 cm³/mol. The van der Waals surface area contributed by atoms with Gasteiger partial charge in [-0.2, -0.15) is 8.78 Å². The number of ether oxygens (including phenoxy) is 1. The second kappa shape index (κ2) is 6.85. The number of carbonyl (C=O) groups is 1. The third-order valence-corrected chi connectivity index (χ3v) is 3.53. The maximum atomic E-state index is 12.1. The van der Waals surface area contributed by atoms with Crippen molar-refractivity contribution >= 4 is 5.91 Å². The Balaban J connectivity index is 1.88. The minimum absolute atomic E-state index is 0.0379. The summed E-state index contributed by atoms with van der Waals surface area (Å²) in [6.07, 6.45) is 1.63. The molecule has 116 valence electrons. The van der Waals surface area contributed by atoms with Gasteiger partial charge in [0.05, 0.1) is 12.5 Å². The Morgan fingerprint density at radius 2 is 2.19 bits per heavy atom. The van der Waals surface area contributed by atoms with Crippen LogP contribution in [0.2, 0.25) is 0 Å². The van der Waals surface area contributed by atoms with Crippen molar-refractivity contribution < 1.29 is 23.4 Å². The number of carbonyl (C=O) groups excluding carboxylic acids is 1. The largest absolute Gasteiger partial charge is 0.435 e. The molecule has 1 unspecified atom stereocenters. The molecule has 1 aliphatic carbocycles. The van der Waals surface area contributed by atoms with Gasteiger partial charge >= 0.3 is 6.61 Å². The molecule has 1 atom stereocenters. The van der Waals surface area contributed by atoms with Crippen molar-refractivity contribution in [3.05, 3.63) is 29.8 Å². The number of alkyl halides is 2. The summed E-state index contributed by atoms with van der Waals surface area (Å²) < 4.78 is 28.6. The summed E-state index contributed by atoms with van der Waals surface area (Å²) in [5, 5.41) is 9.82. The first-order valence-electron chi connectivity index (χ1n) is 6.91. The molecule has 1 aromatic rings. The summed E-state index contributed by atoms with van der Waals surface area (Å²) in [4.78, 5) is 13.5. The average Bonchev–Trinajstić information content (AvgIpc) is 3.22. The van der Waals surface area contributed by atoms with E-state index in [2.05, 4.69) is 4.74 Å². The molecule has 21 heavy (non-hydrogen) atoms. The first kappa shape index (κ1) is 15.7. The van der Waals surface area contributed by atoms with Crippen LogP contribution in [0.25, 0.3) is 0 Å². The van der Waals surface area contributed by atoms with E-state index in [1.807, 2.05) is 0 Å². The number of rotatable bonds is 7. The zero-order chi connectivity index (χ0) is 15.4. The van der Waals surface area contributed by atoms with Gasteiger partial charge in [0, 0.05) is 13.6 Å². The quantitative estimate of drug-likeness (QED) is 0.838. The van der Waals surface area contributed by atoms with Gasteiger partial charge in [-0.3, -0.25) is 4.79 Å². The number of benzene rings is 1. The summed E-state index contributed by atoms with van der Waals surface area (Å²) in [5.74, 6) is 0.183. The Kier molecular flexibility index (Phi) is 5.12. The van der Waals surface area contributed by atoms with Crippen molar-refractivity contribution in [3.63, 3.8) is 0 Å². The van der Waals surface area contributed by atoms with E-state index in [0.717, 1.165) is 12.8 Å². The highest BCUT2D eigenvalue weighted by Crippen LogP contribution is 2.32. The molecular formula is C15H19F2NO3. The van der Waals surface area contributed by atoms with Gasteiger partial charge < -0.3 is 14.7 Å². The second-order valence-corrected chi connectivity index (χ2v) is 5.38. The van der Waals surface area contributed by atoms with Crippen LogP contribution in [-0.4, -0.2) is 42.2 Å². The maximum Gasteiger partial charge on any atom is 0.387 e. The molecule has 1 saturated carbocycles. The van der Waals surface area contributed by atoms with Crippen LogP contribution in [0, 0.1) is 5.92 Å². The van der Waals surface area contributed by atoms with Gasteiger partial charge in [-0.25, -0.2) is 0 Å². The highest BCUT2D eigenvalue weighted by molar-refractivity contribution is 5.78. The van der Waals surface area contributed by atoms with E-state index in [1.165, 1.54) is 17.0 Å². The van der Waals surface area contributed by atoms with E-state index in [9.17, 15) is 18.7 Å². The molecule has 0 radical (unpaired) electrons. The monoisotopic (exact) mass is 299 g/mol. The second-order valence-electron chi connectivity index (χ2n) is 5.38. The lowest BCUT2D eigenvalue weighted by Gasteiger charge is -2.21. The number of likely N-dealkylation sites (N-methyl/N-ethyl adjacent to an activating group) is 1. The van der Waals surface area contributed by atoms with E-state index >= 15 is 0 Å². The molecule has 1 N–H and O–H groups in total. The molecule has 0 aliphatic heterocycles. The van der Waals surface area contributed by atoms with E-state index in [0.29, 0.717) is 18.0 Å². The minimum atomic E-state index is -2.88. The Hall–Kier alpha value is -1.69. The summed E-state index contributed by atoms with van der Waals surface area (Å²) >= 11 is 0. The number of hydrogen-bond donors (Lipinski definition) is 1. The normalized spacial score (nSPS) is 15.9. The van der Waals surface area contributed by atoms with Crippen LogP contribution in [0.15, 0.2) is 24.3 Å². The number of aliphatic hydroxyl groups is 1. The predicted octanol–water partition coefficient (Wildman–Crippen LogP) is 2.06. The third-order valence-electron chi connectivity index (χ3n) is 3.53. The fourth-order valence-corrected chi connectivity index (χ4v) is 2.15. The number of halogens is 2. The molecule has 0 bridgehead atoms. The molecule has 4 nitrogen and oxygen atoms in total. The lowest BCUT2D eigenvalue weighted by atomic mass is 10.1. The summed E-state index contributed by atoms with van der Waals surface area (Å²) in [6.45, 7) is -2.58. The smallest absolute Gasteiger partial charge is 0.387 e. The van der Waals surface area contributed by atoms with Crippen LogP contribution in [0.3, 0.4) is 0 Å². The number of nitrogens with zero attached hydrogens (tertiary/aromatic N) is 1. The van der Waals surface area contributed by atoms with Crippen molar-refractivity contribution in [1.29, 1.82) is 0 Å². The van der Waals surface area contributed by atoms with Crippen molar-refractivity contribution in [2.24, 2.45) is 5.92 Å². The van der Waals surface area contributed by atoms with Gasteiger partial charge in [-0.1, -0.05) is 12.1 Å². The van der Waals surface area contributed by atoms with E-state index < -0.39 is 12.7 Å². The molecular weight excluding hydrogens is 280 g/mol. The fourth-order valence-electron chi connectivity index (χ4n) is 2.15. The molecule has 0 aromatic heterocycles. The lowest BCUT2D eigenvalue weighted by Crippen LogP contribution is -2.36. The van der Waals surface area contributed by atoms with Gasteiger partial charge in [-0.05, 0) is 36.5 Å². The van der Waals surface area contributed by atoms with Crippen LogP contribution < -0.4 is 4.74 Å². The molecule has 0 saturated heterocycles. The number of hydrogen-bond acceptors (Lipinski definition) is 3. The summed E-state index contributed by atoms with van der Waals surface area (Å²) in [6, 6.07) is 6.09. The minimum Gasteiger partial charge on any atom is -0.435 e. The first-order valence-corrected chi connectivity index (χ1v) is 6.91. The Labute approximate surface area is 122 Å². The molecule has 6 heteroatoms. The standard InChI is InChI=1S/C15H19F2NO3/c1-18(9-13(19)11-5-6-11)14(20)8-10-3-2-4-12(7-10)21-15(16)17/h2-4,7,11,13,15,19H,5-6,8-9H2,1H3. The molecule has 1 aliphatic rings. The molecule has 0 heterocycles. The zero-order valence-corrected chi connectivity index (χ0v) is 11.8. The first-order chi connectivity index (χ1) is 9.95. The topological polar surface area (TPSA) is 49.8 Å². The average molecular weight is 299 g/mol. The van der Waals surface area contributed by atoms with Crippen LogP contribution in [0.1, 0.15) is 18.4 Å². The molecule has 1 fully saturated rings. The van der Waals surface area contributed by atoms with Gasteiger partial charge in [0.15, 0.2) is 0 Å². The third kappa shape index (κ3) is 4.97. The van der Waals surface area contributed by atoms with Crippen LogP contribution in [-0.2, 0) is 11.2 Å². The molecule has 1 aromatic carbocycles. The van der Waals surface area contributed by atoms with Gasteiger partial charge in [0.25, 0.3) is 0 Å². The molecule has 0 spiro atoms. The molecule has 1 amide bonds. The zero-order valence-electron chi connectivity index (χ0n) is 11.8.